The maximum absolute atomic E-state index is 12.6. The third-order valence-electron chi connectivity index (χ3n) is 4.82. The van der Waals surface area contributed by atoms with Crippen LogP contribution in [0.25, 0.3) is 0 Å². The van der Waals surface area contributed by atoms with Crippen LogP contribution in [0.2, 0.25) is 0 Å². The lowest BCUT2D eigenvalue weighted by Crippen LogP contribution is -2.28. The second-order valence-electron chi connectivity index (χ2n) is 6.67. The number of nitrogens with one attached hydrogen (secondary N) is 1. The minimum atomic E-state index is -0.415. The van der Waals surface area contributed by atoms with Crippen molar-refractivity contribution >= 4 is 29.2 Å². The first-order valence-corrected chi connectivity index (χ1v) is 9.49. The number of carbonyl (C=O) groups is 3. The average molecular weight is 380 g/mol. The number of hydrogen-bond acceptors (Lipinski definition) is 4. The molecule has 1 saturated heterocycles. The zero-order chi connectivity index (χ0) is 20.1. The number of nitrogens with zero attached hydrogens (tertiary/aromatic N) is 1. The number of rotatable bonds is 6. The first-order valence-electron chi connectivity index (χ1n) is 9.49. The van der Waals surface area contributed by atoms with Gasteiger partial charge in [0.15, 0.2) is 0 Å². The summed E-state index contributed by atoms with van der Waals surface area (Å²) in [5, 5.41) is 2.83. The van der Waals surface area contributed by atoms with Gasteiger partial charge in [-0.3, -0.25) is 9.59 Å². The van der Waals surface area contributed by atoms with Gasteiger partial charge in [-0.2, -0.15) is 0 Å². The molecule has 146 valence electrons. The highest BCUT2D eigenvalue weighted by atomic mass is 16.5. The van der Waals surface area contributed by atoms with Gasteiger partial charge in [0.2, 0.25) is 11.8 Å². The summed E-state index contributed by atoms with van der Waals surface area (Å²) in [7, 11) is 0. The van der Waals surface area contributed by atoms with Crippen molar-refractivity contribution in [1.82, 2.24) is 0 Å². The van der Waals surface area contributed by atoms with Gasteiger partial charge in [0.05, 0.1) is 18.1 Å². The minimum absolute atomic E-state index is 0.0429. The van der Waals surface area contributed by atoms with Crippen LogP contribution in [0, 0.1) is 5.92 Å². The summed E-state index contributed by atoms with van der Waals surface area (Å²) in [6.45, 7) is 4.47. The maximum atomic E-state index is 12.6. The monoisotopic (exact) mass is 380 g/mol. The van der Waals surface area contributed by atoms with Gasteiger partial charge in [-0.05, 0) is 49.2 Å². The van der Waals surface area contributed by atoms with E-state index >= 15 is 0 Å². The molecule has 3 rings (SSSR count). The molecule has 1 aliphatic heterocycles. The van der Waals surface area contributed by atoms with Crippen LogP contribution in [0.15, 0.2) is 48.5 Å². The number of esters is 1. The molecule has 0 aromatic heterocycles. The molecule has 1 aliphatic rings. The van der Waals surface area contributed by atoms with Crippen molar-refractivity contribution < 1.29 is 19.1 Å². The Morgan fingerprint density at radius 1 is 1.11 bits per heavy atom. The summed E-state index contributed by atoms with van der Waals surface area (Å²) in [6.07, 6.45) is 1.01. The SMILES string of the molecule is CCOC(=O)c1ccc(NC(=O)[C@H]2CC(=O)N(c3ccccc3CC)C2)cc1. The fraction of sp³-hybridized carbons (Fsp3) is 0.318. The molecule has 28 heavy (non-hydrogen) atoms. The van der Waals surface area contributed by atoms with E-state index in [9.17, 15) is 14.4 Å². The van der Waals surface area contributed by atoms with Crippen molar-refractivity contribution in [1.29, 1.82) is 0 Å². The smallest absolute Gasteiger partial charge is 0.338 e. The molecule has 6 heteroatoms. The van der Waals surface area contributed by atoms with Crippen molar-refractivity contribution in [3.8, 4) is 0 Å². The molecule has 0 unspecified atom stereocenters. The van der Waals surface area contributed by atoms with Crippen molar-refractivity contribution in [2.75, 3.05) is 23.4 Å². The third kappa shape index (κ3) is 4.22. The van der Waals surface area contributed by atoms with Crippen LogP contribution in [0.4, 0.5) is 11.4 Å². The third-order valence-corrected chi connectivity index (χ3v) is 4.82. The summed E-state index contributed by atoms with van der Waals surface area (Å²) < 4.78 is 4.95. The normalized spacial score (nSPS) is 16.1. The number of hydrogen-bond donors (Lipinski definition) is 1. The molecule has 0 radical (unpaired) electrons. The van der Waals surface area contributed by atoms with Gasteiger partial charge >= 0.3 is 5.97 Å². The Morgan fingerprint density at radius 2 is 1.82 bits per heavy atom. The van der Waals surface area contributed by atoms with E-state index in [1.165, 1.54) is 0 Å². The van der Waals surface area contributed by atoms with Crippen LogP contribution in [-0.2, 0) is 20.7 Å². The highest BCUT2D eigenvalue weighted by molar-refractivity contribution is 6.04. The van der Waals surface area contributed by atoms with Gasteiger partial charge < -0.3 is 15.0 Å². The van der Waals surface area contributed by atoms with E-state index in [1.807, 2.05) is 31.2 Å². The van der Waals surface area contributed by atoms with E-state index in [0.717, 1.165) is 17.7 Å². The quantitative estimate of drug-likeness (QED) is 0.779. The molecule has 1 heterocycles. The Labute approximate surface area is 164 Å². The van der Waals surface area contributed by atoms with Gasteiger partial charge in [0, 0.05) is 24.3 Å². The van der Waals surface area contributed by atoms with E-state index in [-0.39, 0.29) is 18.2 Å². The standard InChI is InChI=1S/C22H24N2O4/c1-3-15-7-5-6-8-19(15)24-14-17(13-20(24)25)21(26)23-18-11-9-16(10-12-18)22(27)28-4-2/h5-12,17H,3-4,13-14H2,1-2H3,(H,23,26)/t17-/m0/s1. The van der Waals surface area contributed by atoms with E-state index in [2.05, 4.69) is 5.32 Å². The molecule has 2 aromatic rings. The van der Waals surface area contributed by atoms with Crippen LogP contribution in [0.5, 0.6) is 0 Å². The zero-order valence-electron chi connectivity index (χ0n) is 16.1. The van der Waals surface area contributed by atoms with Crippen LogP contribution < -0.4 is 10.2 Å². The molecule has 0 bridgehead atoms. The number of aryl methyl sites for hydroxylation is 1. The number of benzene rings is 2. The van der Waals surface area contributed by atoms with Crippen molar-refractivity contribution in [3.05, 3.63) is 59.7 Å². The van der Waals surface area contributed by atoms with Crippen molar-refractivity contribution in [2.45, 2.75) is 26.7 Å². The summed E-state index contributed by atoms with van der Waals surface area (Å²) in [4.78, 5) is 38.5. The Morgan fingerprint density at radius 3 is 2.50 bits per heavy atom. The number of ether oxygens (including phenoxy) is 1. The first kappa shape index (κ1) is 19.6. The van der Waals surface area contributed by atoms with Crippen LogP contribution in [0.1, 0.15) is 36.2 Å². The Bertz CT molecular complexity index is 876. The predicted molar refractivity (Wildman–Crippen MR) is 107 cm³/mol. The molecule has 2 amide bonds. The highest BCUT2D eigenvalue weighted by Gasteiger charge is 2.35. The Hall–Kier alpha value is -3.15. The molecule has 0 aliphatic carbocycles. The molecule has 1 fully saturated rings. The number of para-hydroxylation sites is 1. The highest BCUT2D eigenvalue weighted by Crippen LogP contribution is 2.29. The number of amides is 2. The van der Waals surface area contributed by atoms with Crippen molar-refractivity contribution in [3.63, 3.8) is 0 Å². The number of anilines is 2. The summed E-state index contributed by atoms with van der Waals surface area (Å²) >= 11 is 0. The Kier molecular flexibility index (Phi) is 6.09. The van der Waals surface area contributed by atoms with Gasteiger partial charge in [-0.1, -0.05) is 25.1 Å². The summed E-state index contributed by atoms with van der Waals surface area (Å²) in [5.74, 6) is -1.05. The van der Waals surface area contributed by atoms with E-state index < -0.39 is 11.9 Å². The van der Waals surface area contributed by atoms with Gasteiger partial charge in [0.25, 0.3) is 0 Å². The second-order valence-corrected chi connectivity index (χ2v) is 6.67. The molecule has 1 N–H and O–H groups in total. The zero-order valence-corrected chi connectivity index (χ0v) is 16.1. The molecule has 1 atom stereocenters. The predicted octanol–water partition coefficient (Wildman–Crippen LogP) is 3.42. The molecular weight excluding hydrogens is 356 g/mol. The van der Waals surface area contributed by atoms with Gasteiger partial charge in [0.1, 0.15) is 0 Å². The summed E-state index contributed by atoms with van der Waals surface area (Å²) in [5.41, 5.74) is 2.98. The topological polar surface area (TPSA) is 75.7 Å². The Balaban J connectivity index is 1.65. The lowest BCUT2D eigenvalue weighted by atomic mass is 10.1. The van der Waals surface area contributed by atoms with E-state index in [1.54, 1.807) is 36.1 Å². The fourth-order valence-electron chi connectivity index (χ4n) is 3.34. The lowest BCUT2D eigenvalue weighted by Gasteiger charge is -2.20. The average Bonchev–Trinajstić information content (AvgIpc) is 3.10. The van der Waals surface area contributed by atoms with Crippen LogP contribution in [0.3, 0.4) is 0 Å². The van der Waals surface area contributed by atoms with Gasteiger partial charge in [-0.25, -0.2) is 4.79 Å². The van der Waals surface area contributed by atoms with Crippen LogP contribution in [-0.4, -0.2) is 30.9 Å². The second kappa shape index (κ2) is 8.69. The van der Waals surface area contributed by atoms with E-state index in [4.69, 9.17) is 4.74 Å². The van der Waals surface area contributed by atoms with Crippen LogP contribution >= 0.6 is 0 Å². The minimum Gasteiger partial charge on any atom is -0.462 e. The molecule has 0 spiro atoms. The van der Waals surface area contributed by atoms with Gasteiger partial charge in [-0.15, -0.1) is 0 Å². The molecule has 2 aromatic carbocycles. The number of carbonyl (C=O) groups excluding carboxylic acids is 3. The maximum Gasteiger partial charge on any atom is 0.338 e. The molecule has 6 nitrogen and oxygen atoms in total. The molecule has 0 saturated carbocycles. The molecular formula is C22H24N2O4. The largest absolute Gasteiger partial charge is 0.462 e. The first-order chi connectivity index (χ1) is 13.5. The fourth-order valence-corrected chi connectivity index (χ4v) is 3.34. The van der Waals surface area contributed by atoms with E-state index in [0.29, 0.717) is 24.4 Å². The lowest BCUT2D eigenvalue weighted by molar-refractivity contribution is -0.122. The summed E-state index contributed by atoms with van der Waals surface area (Å²) in [6, 6.07) is 14.3. The van der Waals surface area contributed by atoms with Crippen molar-refractivity contribution in [2.24, 2.45) is 5.92 Å².